The zero-order valence-electron chi connectivity index (χ0n) is 12.4. The van der Waals surface area contributed by atoms with Crippen LogP contribution in [0.3, 0.4) is 0 Å². The van der Waals surface area contributed by atoms with E-state index in [0.717, 1.165) is 11.7 Å². The van der Waals surface area contributed by atoms with Crippen LogP contribution in [0, 0.1) is 0 Å². The molecular formula is C15H21N5S. The summed E-state index contributed by atoms with van der Waals surface area (Å²) in [6.45, 7) is 5.32. The number of hydrogen-bond donors (Lipinski definition) is 1. The molecule has 0 saturated heterocycles. The first-order chi connectivity index (χ1) is 10.3. The molecule has 1 aromatic heterocycles. The van der Waals surface area contributed by atoms with Crippen LogP contribution in [0.5, 0.6) is 0 Å². The second kappa shape index (κ2) is 6.58. The quantitative estimate of drug-likeness (QED) is 0.797. The molecular weight excluding hydrogens is 282 g/mol. The molecule has 1 N–H and O–H groups in total. The maximum atomic E-state index is 4.19. The molecule has 0 aliphatic heterocycles. The van der Waals surface area contributed by atoms with Gasteiger partial charge in [0.1, 0.15) is 0 Å². The molecule has 2 unspecified atom stereocenters. The standard InChI is InChI=1S/C15H21N5S/c1-3-16-14(12-7-5-4-6-8-12)11(2)21-15-17-18-19-20(15)13-9-10-13/h4-8,11,13-14,16H,3,9-10H2,1-2H3. The summed E-state index contributed by atoms with van der Waals surface area (Å²) in [5.74, 6) is 0. The van der Waals surface area contributed by atoms with E-state index in [9.17, 15) is 0 Å². The van der Waals surface area contributed by atoms with Gasteiger partial charge in [0.25, 0.3) is 0 Å². The Hall–Kier alpha value is -1.40. The molecule has 21 heavy (non-hydrogen) atoms. The first-order valence-corrected chi connectivity index (χ1v) is 8.40. The van der Waals surface area contributed by atoms with Crippen LogP contribution in [0.25, 0.3) is 0 Å². The van der Waals surface area contributed by atoms with Gasteiger partial charge in [-0.1, -0.05) is 55.9 Å². The lowest BCUT2D eigenvalue weighted by atomic mass is 10.0. The van der Waals surface area contributed by atoms with E-state index in [4.69, 9.17) is 0 Å². The Bertz CT molecular complexity index is 566. The van der Waals surface area contributed by atoms with E-state index < -0.39 is 0 Å². The molecule has 1 fully saturated rings. The monoisotopic (exact) mass is 303 g/mol. The van der Waals surface area contributed by atoms with E-state index in [1.807, 2.05) is 4.68 Å². The van der Waals surface area contributed by atoms with Gasteiger partial charge in [0.05, 0.1) is 6.04 Å². The third-order valence-corrected chi connectivity index (χ3v) is 4.82. The van der Waals surface area contributed by atoms with Crippen molar-refractivity contribution < 1.29 is 0 Å². The van der Waals surface area contributed by atoms with Gasteiger partial charge in [-0.3, -0.25) is 0 Å². The Kier molecular flexibility index (Phi) is 4.55. The summed E-state index contributed by atoms with van der Waals surface area (Å²) in [6, 6.07) is 11.4. The molecule has 112 valence electrons. The van der Waals surface area contributed by atoms with Crippen molar-refractivity contribution in [1.82, 2.24) is 25.5 Å². The predicted molar refractivity (Wildman–Crippen MR) is 84.3 cm³/mol. The van der Waals surface area contributed by atoms with Gasteiger partial charge in [-0.25, -0.2) is 4.68 Å². The molecule has 1 aliphatic carbocycles. The number of rotatable bonds is 7. The topological polar surface area (TPSA) is 55.6 Å². The highest BCUT2D eigenvalue weighted by Crippen LogP contribution is 2.38. The Morgan fingerprint density at radius 1 is 1.33 bits per heavy atom. The molecule has 1 saturated carbocycles. The molecule has 3 rings (SSSR count). The maximum Gasteiger partial charge on any atom is 0.209 e. The van der Waals surface area contributed by atoms with Crippen LogP contribution in [0.15, 0.2) is 35.5 Å². The molecule has 1 heterocycles. The van der Waals surface area contributed by atoms with Crippen molar-refractivity contribution in [3.8, 4) is 0 Å². The van der Waals surface area contributed by atoms with E-state index in [0.29, 0.717) is 17.3 Å². The van der Waals surface area contributed by atoms with E-state index in [1.54, 1.807) is 11.8 Å². The molecule has 2 aromatic rings. The second-order valence-corrected chi connectivity index (χ2v) is 6.75. The SMILES string of the molecule is CCNC(c1ccccc1)C(C)Sc1nnnn1C1CC1. The van der Waals surface area contributed by atoms with E-state index in [1.165, 1.54) is 18.4 Å². The predicted octanol–water partition coefficient (Wildman–Crippen LogP) is 2.84. The third kappa shape index (κ3) is 3.44. The van der Waals surface area contributed by atoms with Crippen LogP contribution >= 0.6 is 11.8 Å². The average Bonchev–Trinajstić information content (AvgIpc) is 3.26. The van der Waals surface area contributed by atoms with Crippen molar-refractivity contribution in [3.05, 3.63) is 35.9 Å². The van der Waals surface area contributed by atoms with Gasteiger partial charge in [-0.15, -0.1) is 5.10 Å². The van der Waals surface area contributed by atoms with Crippen molar-refractivity contribution in [3.63, 3.8) is 0 Å². The van der Waals surface area contributed by atoms with Gasteiger partial charge < -0.3 is 5.32 Å². The molecule has 0 spiro atoms. The fourth-order valence-electron chi connectivity index (χ4n) is 2.48. The summed E-state index contributed by atoms with van der Waals surface area (Å²) < 4.78 is 1.98. The van der Waals surface area contributed by atoms with Crippen LogP contribution in [0.4, 0.5) is 0 Å². The summed E-state index contributed by atoms with van der Waals surface area (Å²) in [5.41, 5.74) is 1.31. The number of aromatic nitrogens is 4. The minimum absolute atomic E-state index is 0.297. The lowest BCUT2D eigenvalue weighted by Crippen LogP contribution is -2.28. The van der Waals surface area contributed by atoms with E-state index in [-0.39, 0.29) is 0 Å². The van der Waals surface area contributed by atoms with Crippen molar-refractivity contribution in [2.45, 2.75) is 49.2 Å². The molecule has 1 aliphatic rings. The number of nitrogens with zero attached hydrogens (tertiary/aromatic N) is 4. The fraction of sp³-hybridized carbons (Fsp3) is 0.533. The maximum absolute atomic E-state index is 4.19. The summed E-state index contributed by atoms with van der Waals surface area (Å²) in [4.78, 5) is 0. The highest BCUT2D eigenvalue weighted by Gasteiger charge is 2.29. The van der Waals surface area contributed by atoms with Crippen molar-refractivity contribution >= 4 is 11.8 Å². The van der Waals surface area contributed by atoms with E-state index in [2.05, 4.69) is 65.0 Å². The smallest absolute Gasteiger partial charge is 0.209 e. The fourth-order valence-corrected chi connectivity index (χ4v) is 3.58. The van der Waals surface area contributed by atoms with Crippen LogP contribution in [0.2, 0.25) is 0 Å². The van der Waals surface area contributed by atoms with Crippen molar-refractivity contribution in [2.75, 3.05) is 6.54 Å². The number of tetrazole rings is 1. The third-order valence-electron chi connectivity index (χ3n) is 3.70. The van der Waals surface area contributed by atoms with Crippen LogP contribution in [-0.4, -0.2) is 32.0 Å². The zero-order valence-corrected chi connectivity index (χ0v) is 13.3. The first-order valence-electron chi connectivity index (χ1n) is 7.52. The molecule has 0 amide bonds. The van der Waals surface area contributed by atoms with Crippen LogP contribution in [0.1, 0.15) is 44.3 Å². The summed E-state index contributed by atoms with van der Waals surface area (Å²) in [7, 11) is 0. The number of thioether (sulfide) groups is 1. The number of benzene rings is 1. The summed E-state index contributed by atoms with van der Waals surface area (Å²) in [5, 5.41) is 17.0. The summed E-state index contributed by atoms with van der Waals surface area (Å²) >= 11 is 1.75. The Balaban J connectivity index is 1.74. The van der Waals surface area contributed by atoms with Gasteiger partial charge in [-0.2, -0.15) is 0 Å². The first kappa shape index (κ1) is 14.5. The highest BCUT2D eigenvalue weighted by atomic mass is 32.2. The van der Waals surface area contributed by atoms with Crippen molar-refractivity contribution in [1.29, 1.82) is 0 Å². The Morgan fingerprint density at radius 2 is 2.10 bits per heavy atom. The molecule has 0 bridgehead atoms. The van der Waals surface area contributed by atoms with Crippen LogP contribution < -0.4 is 5.32 Å². The molecule has 5 nitrogen and oxygen atoms in total. The van der Waals surface area contributed by atoms with Gasteiger partial charge in [0.15, 0.2) is 0 Å². The molecule has 0 radical (unpaired) electrons. The van der Waals surface area contributed by atoms with E-state index >= 15 is 0 Å². The summed E-state index contributed by atoms with van der Waals surface area (Å²) in [6.07, 6.45) is 2.39. The number of hydrogen-bond acceptors (Lipinski definition) is 5. The minimum Gasteiger partial charge on any atom is -0.309 e. The highest BCUT2D eigenvalue weighted by molar-refractivity contribution is 7.99. The van der Waals surface area contributed by atoms with Gasteiger partial charge in [-0.05, 0) is 35.4 Å². The van der Waals surface area contributed by atoms with Crippen LogP contribution in [-0.2, 0) is 0 Å². The average molecular weight is 303 g/mol. The molecule has 2 atom stereocenters. The zero-order chi connectivity index (χ0) is 14.7. The van der Waals surface area contributed by atoms with Gasteiger partial charge >= 0.3 is 0 Å². The van der Waals surface area contributed by atoms with Crippen molar-refractivity contribution in [2.24, 2.45) is 0 Å². The van der Waals surface area contributed by atoms with Gasteiger partial charge in [0.2, 0.25) is 5.16 Å². The Labute approximate surface area is 129 Å². The lowest BCUT2D eigenvalue weighted by Gasteiger charge is -2.24. The second-order valence-electron chi connectivity index (χ2n) is 5.41. The minimum atomic E-state index is 0.297. The largest absolute Gasteiger partial charge is 0.309 e. The molecule has 1 aromatic carbocycles. The van der Waals surface area contributed by atoms with Gasteiger partial charge in [0, 0.05) is 11.3 Å². The number of nitrogens with one attached hydrogen (secondary N) is 1. The normalized spacial score (nSPS) is 17.6. The molecule has 6 heteroatoms. The lowest BCUT2D eigenvalue weighted by molar-refractivity contribution is 0.539. The Morgan fingerprint density at radius 3 is 2.76 bits per heavy atom.